The molecular weight excluding hydrogens is 348 g/mol. The number of carbonyl (C=O) groups excluding carboxylic acids is 1. The Labute approximate surface area is 157 Å². The molecule has 0 bridgehead atoms. The van der Waals surface area contributed by atoms with Crippen LogP contribution < -0.4 is 10.6 Å². The smallest absolute Gasteiger partial charge is 0.274 e. The summed E-state index contributed by atoms with van der Waals surface area (Å²) in [6.45, 7) is 5.89. The molecule has 6 heteroatoms. The number of hydrogen-bond acceptors (Lipinski definition) is 4. The largest absolute Gasteiger partial charge is 0.324 e. The van der Waals surface area contributed by atoms with E-state index in [-0.39, 0.29) is 11.6 Å². The molecule has 5 nitrogen and oxygen atoms in total. The van der Waals surface area contributed by atoms with Gasteiger partial charge in [-0.2, -0.15) is 0 Å². The zero-order valence-corrected chi connectivity index (χ0v) is 15.6. The van der Waals surface area contributed by atoms with E-state index in [4.69, 9.17) is 11.6 Å². The minimum Gasteiger partial charge on any atom is -0.324 e. The number of halogens is 1. The van der Waals surface area contributed by atoms with Crippen molar-refractivity contribution in [2.75, 3.05) is 10.6 Å². The number of benzene rings is 2. The fourth-order valence-corrected chi connectivity index (χ4v) is 2.68. The fourth-order valence-electron chi connectivity index (χ4n) is 2.50. The summed E-state index contributed by atoms with van der Waals surface area (Å²) in [4.78, 5) is 21.3. The third kappa shape index (κ3) is 4.00. The predicted octanol–water partition coefficient (Wildman–Crippen LogP) is 5.05. The van der Waals surface area contributed by atoms with Gasteiger partial charge in [0, 0.05) is 11.4 Å². The first-order chi connectivity index (χ1) is 12.4. The Balaban J connectivity index is 1.86. The molecule has 0 spiro atoms. The van der Waals surface area contributed by atoms with Crippen molar-refractivity contribution in [2.45, 2.75) is 20.8 Å². The molecule has 3 aromatic rings. The molecule has 3 rings (SSSR count). The molecule has 0 unspecified atom stereocenters. The molecule has 1 aromatic heterocycles. The first-order valence-electron chi connectivity index (χ1n) is 8.19. The molecule has 0 fully saturated rings. The first kappa shape index (κ1) is 17.9. The highest BCUT2D eigenvalue weighted by molar-refractivity contribution is 6.33. The van der Waals surface area contributed by atoms with E-state index >= 15 is 0 Å². The number of hydrogen-bond donors (Lipinski definition) is 2. The Morgan fingerprint density at radius 1 is 0.962 bits per heavy atom. The van der Waals surface area contributed by atoms with Crippen LogP contribution in [0.1, 0.15) is 27.3 Å². The van der Waals surface area contributed by atoms with E-state index in [9.17, 15) is 4.79 Å². The van der Waals surface area contributed by atoms with Crippen LogP contribution >= 0.6 is 11.6 Å². The van der Waals surface area contributed by atoms with E-state index < -0.39 is 0 Å². The van der Waals surface area contributed by atoms with E-state index in [0.717, 1.165) is 11.3 Å². The Hall–Kier alpha value is -2.92. The number of amides is 1. The van der Waals surface area contributed by atoms with Crippen LogP contribution in [0, 0.1) is 20.8 Å². The lowest BCUT2D eigenvalue weighted by Crippen LogP contribution is -2.16. The van der Waals surface area contributed by atoms with Crippen LogP contribution in [0.15, 0.2) is 48.5 Å². The average molecular weight is 367 g/mol. The summed E-state index contributed by atoms with van der Waals surface area (Å²) in [7, 11) is 0. The molecule has 0 aliphatic rings. The average Bonchev–Trinajstić information content (AvgIpc) is 2.60. The third-order valence-corrected chi connectivity index (χ3v) is 4.39. The summed E-state index contributed by atoms with van der Waals surface area (Å²) >= 11 is 6.10. The van der Waals surface area contributed by atoms with Gasteiger partial charge in [0.25, 0.3) is 5.91 Å². The SMILES string of the molecule is Cc1cc(C(=O)Nc2ccccc2Cl)nc(Nc2cccc(C)c2C)n1. The highest BCUT2D eigenvalue weighted by atomic mass is 35.5. The predicted molar refractivity (Wildman–Crippen MR) is 105 cm³/mol. The summed E-state index contributed by atoms with van der Waals surface area (Å²) in [6, 6.07) is 14.7. The molecular formula is C20H19ClN4O. The van der Waals surface area contributed by atoms with Gasteiger partial charge >= 0.3 is 0 Å². The number of aryl methyl sites for hydroxylation is 2. The molecule has 2 N–H and O–H groups in total. The second kappa shape index (κ2) is 7.54. The topological polar surface area (TPSA) is 66.9 Å². The monoisotopic (exact) mass is 366 g/mol. The van der Waals surface area contributed by atoms with Gasteiger partial charge < -0.3 is 10.6 Å². The van der Waals surface area contributed by atoms with Crippen molar-refractivity contribution in [1.82, 2.24) is 9.97 Å². The lowest BCUT2D eigenvalue weighted by atomic mass is 10.1. The molecule has 26 heavy (non-hydrogen) atoms. The van der Waals surface area contributed by atoms with Crippen LogP contribution in [-0.2, 0) is 0 Å². The lowest BCUT2D eigenvalue weighted by molar-refractivity contribution is 0.102. The van der Waals surface area contributed by atoms with Gasteiger partial charge in [-0.3, -0.25) is 4.79 Å². The Kier molecular flexibility index (Phi) is 5.19. The maximum atomic E-state index is 12.6. The van der Waals surface area contributed by atoms with Gasteiger partial charge in [-0.1, -0.05) is 35.9 Å². The Morgan fingerprint density at radius 3 is 2.46 bits per heavy atom. The van der Waals surface area contributed by atoms with Gasteiger partial charge in [0.1, 0.15) is 5.69 Å². The minimum absolute atomic E-state index is 0.269. The van der Waals surface area contributed by atoms with Crippen molar-refractivity contribution in [1.29, 1.82) is 0 Å². The van der Waals surface area contributed by atoms with E-state index in [1.165, 1.54) is 5.56 Å². The zero-order valence-electron chi connectivity index (χ0n) is 14.8. The number of para-hydroxylation sites is 1. The van der Waals surface area contributed by atoms with Crippen LogP contribution in [0.25, 0.3) is 0 Å². The van der Waals surface area contributed by atoms with Gasteiger partial charge in [-0.25, -0.2) is 9.97 Å². The van der Waals surface area contributed by atoms with Crippen molar-refractivity contribution in [3.63, 3.8) is 0 Å². The second-order valence-corrected chi connectivity index (χ2v) is 6.43. The summed E-state index contributed by atoms with van der Waals surface area (Å²) in [5, 5.41) is 6.44. The minimum atomic E-state index is -0.340. The summed E-state index contributed by atoms with van der Waals surface area (Å²) in [6.07, 6.45) is 0. The maximum Gasteiger partial charge on any atom is 0.274 e. The summed E-state index contributed by atoms with van der Waals surface area (Å²) in [5.74, 6) is 0.0376. The third-order valence-electron chi connectivity index (χ3n) is 4.06. The standard InChI is InChI=1S/C20H19ClN4O/c1-12-7-6-10-16(14(12)3)24-20-22-13(2)11-18(25-20)19(26)23-17-9-5-4-8-15(17)21/h4-11H,1-3H3,(H,23,26)(H,22,24,25). The number of nitrogens with one attached hydrogen (secondary N) is 2. The number of anilines is 3. The highest BCUT2D eigenvalue weighted by Crippen LogP contribution is 2.23. The second-order valence-electron chi connectivity index (χ2n) is 6.02. The van der Waals surface area contributed by atoms with Crippen molar-refractivity contribution in [2.24, 2.45) is 0 Å². The van der Waals surface area contributed by atoms with E-state index in [1.54, 1.807) is 30.3 Å². The summed E-state index contributed by atoms with van der Waals surface area (Å²) < 4.78 is 0. The number of aromatic nitrogens is 2. The molecule has 0 atom stereocenters. The maximum absolute atomic E-state index is 12.6. The van der Waals surface area contributed by atoms with Gasteiger partial charge in [0.15, 0.2) is 0 Å². The molecule has 0 aliphatic heterocycles. The van der Waals surface area contributed by atoms with Crippen molar-refractivity contribution in [3.05, 3.63) is 76.1 Å². The molecule has 2 aromatic carbocycles. The quantitative estimate of drug-likeness (QED) is 0.678. The van der Waals surface area contributed by atoms with Crippen LogP contribution in [0.3, 0.4) is 0 Å². The van der Waals surface area contributed by atoms with Crippen LogP contribution in [0.2, 0.25) is 5.02 Å². The van der Waals surface area contributed by atoms with Crippen molar-refractivity contribution in [3.8, 4) is 0 Å². The highest BCUT2D eigenvalue weighted by Gasteiger charge is 2.13. The van der Waals surface area contributed by atoms with Crippen LogP contribution in [0.4, 0.5) is 17.3 Å². The van der Waals surface area contributed by atoms with Crippen LogP contribution in [-0.4, -0.2) is 15.9 Å². The van der Waals surface area contributed by atoms with Crippen molar-refractivity contribution >= 4 is 34.8 Å². The van der Waals surface area contributed by atoms with E-state index in [2.05, 4.69) is 20.6 Å². The van der Waals surface area contributed by atoms with E-state index in [0.29, 0.717) is 22.4 Å². The molecule has 0 saturated heterocycles. The first-order valence-corrected chi connectivity index (χ1v) is 8.56. The number of nitrogens with zero attached hydrogens (tertiary/aromatic N) is 2. The Bertz CT molecular complexity index is 972. The summed E-state index contributed by atoms with van der Waals surface area (Å²) in [5.41, 5.74) is 4.69. The zero-order chi connectivity index (χ0) is 18.7. The Morgan fingerprint density at radius 2 is 1.69 bits per heavy atom. The van der Waals surface area contributed by atoms with E-state index in [1.807, 2.05) is 39.0 Å². The normalized spacial score (nSPS) is 10.5. The number of carbonyl (C=O) groups is 1. The molecule has 0 radical (unpaired) electrons. The number of rotatable bonds is 4. The lowest BCUT2D eigenvalue weighted by Gasteiger charge is -2.12. The van der Waals surface area contributed by atoms with Crippen LogP contribution in [0.5, 0.6) is 0 Å². The van der Waals surface area contributed by atoms with Gasteiger partial charge in [0.2, 0.25) is 5.95 Å². The molecule has 1 amide bonds. The van der Waals surface area contributed by atoms with Crippen molar-refractivity contribution < 1.29 is 4.79 Å². The van der Waals surface area contributed by atoms with Gasteiger partial charge in [0.05, 0.1) is 10.7 Å². The molecule has 1 heterocycles. The molecule has 132 valence electrons. The molecule has 0 saturated carbocycles. The van der Waals surface area contributed by atoms with Gasteiger partial charge in [-0.05, 0) is 56.2 Å². The fraction of sp³-hybridized carbons (Fsp3) is 0.150. The van der Waals surface area contributed by atoms with Gasteiger partial charge in [-0.15, -0.1) is 0 Å². The molecule has 0 aliphatic carbocycles.